The van der Waals surface area contributed by atoms with Gasteiger partial charge < -0.3 is 15.3 Å². The summed E-state index contributed by atoms with van der Waals surface area (Å²) < 4.78 is 0. The molecule has 24 heavy (non-hydrogen) atoms. The fourth-order valence-corrected chi connectivity index (χ4v) is 2.82. The van der Waals surface area contributed by atoms with Crippen molar-refractivity contribution in [1.29, 1.82) is 0 Å². The molecular formula is C17H25N3O4. The molecule has 1 aromatic carbocycles. The highest BCUT2D eigenvalue weighted by Crippen LogP contribution is 2.32. The Labute approximate surface area is 141 Å². The summed E-state index contributed by atoms with van der Waals surface area (Å²) in [7, 11) is 0. The first-order valence-corrected chi connectivity index (χ1v) is 8.38. The first kappa shape index (κ1) is 18.2. The number of carbonyl (C=O) groups is 1. The molecule has 132 valence electrons. The standard InChI is InChI=1S/C17H25N3O4/c1-12-6-9-19(10-7-12)15-4-3-14(11-16(15)20(23)24)17(22)18-8-5-13(2)21/h3-4,11-13,21H,5-10H2,1-2H3,(H,18,22). The van der Waals surface area contributed by atoms with Crippen LogP contribution >= 0.6 is 0 Å². The van der Waals surface area contributed by atoms with Gasteiger partial charge in [-0.3, -0.25) is 14.9 Å². The molecule has 1 fully saturated rings. The van der Waals surface area contributed by atoms with Gasteiger partial charge in [0.15, 0.2) is 0 Å². The van der Waals surface area contributed by atoms with Gasteiger partial charge in [-0.2, -0.15) is 0 Å². The number of nitro groups is 1. The predicted molar refractivity (Wildman–Crippen MR) is 92.3 cm³/mol. The van der Waals surface area contributed by atoms with Crippen molar-refractivity contribution in [3.63, 3.8) is 0 Å². The third-order valence-electron chi connectivity index (χ3n) is 4.41. The summed E-state index contributed by atoms with van der Waals surface area (Å²) in [4.78, 5) is 25.1. The average Bonchev–Trinajstić information content (AvgIpc) is 2.54. The third-order valence-corrected chi connectivity index (χ3v) is 4.41. The SMILES string of the molecule is CC(O)CCNC(=O)c1ccc(N2CCC(C)CC2)c([N+](=O)[O-])c1. The molecule has 1 aliphatic rings. The number of aliphatic hydroxyl groups is 1. The van der Waals surface area contributed by atoms with E-state index in [9.17, 15) is 20.0 Å². The van der Waals surface area contributed by atoms with Crippen molar-refractivity contribution in [3.05, 3.63) is 33.9 Å². The molecule has 7 nitrogen and oxygen atoms in total. The van der Waals surface area contributed by atoms with Crippen molar-refractivity contribution in [2.75, 3.05) is 24.5 Å². The highest BCUT2D eigenvalue weighted by atomic mass is 16.6. The summed E-state index contributed by atoms with van der Waals surface area (Å²) in [6.07, 6.45) is 1.97. The molecule has 1 heterocycles. The van der Waals surface area contributed by atoms with Crippen LogP contribution in [-0.4, -0.2) is 41.7 Å². The van der Waals surface area contributed by atoms with Crippen LogP contribution in [0.2, 0.25) is 0 Å². The van der Waals surface area contributed by atoms with E-state index in [1.54, 1.807) is 19.1 Å². The summed E-state index contributed by atoms with van der Waals surface area (Å²) in [5.41, 5.74) is 0.807. The van der Waals surface area contributed by atoms with E-state index in [4.69, 9.17) is 0 Å². The molecule has 0 spiro atoms. The van der Waals surface area contributed by atoms with Crippen LogP contribution in [-0.2, 0) is 0 Å². The maximum Gasteiger partial charge on any atom is 0.293 e. The zero-order valence-electron chi connectivity index (χ0n) is 14.2. The Kier molecular flexibility index (Phi) is 6.14. The minimum absolute atomic E-state index is 0.0345. The van der Waals surface area contributed by atoms with Crippen LogP contribution in [0.25, 0.3) is 0 Å². The maximum absolute atomic E-state index is 12.1. The summed E-state index contributed by atoms with van der Waals surface area (Å²) in [6, 6.07) is 4.63. The summed E-state index contributed by atoms with van der Waals surface area (Å²) >= 11 is 0. The highest BCUT2D eigenvalue weighted by molar-refractivity contribution is 5.95. The number of rotatable bonds is 6. The van der Waals surface area contributed by atoms with E-state index >= 15 is 0 Å². The molecule has 2 rings (SSSR count). The molecule has 0 aromatic heterocycles. The minimum Gasteiger partial charge on any atom is -0.393 e. The number of amides is 1. The van der Waals surface area contributed by atoms with E-state index in [1.807, 2.05) is 4.90 Å². The predicted octanol–water partition coefficient (Wildman–Crippen LogP) is 2.33. The summed E-state index contributed by atoms with van der Waals surface area (Å²) in [5.74, 6) is 0.275. The molecule has 0 radical (unpaired) electrons. The highest BCUT2D eigenvalue weighted by Gasteiger charge is 2.24. The molecule has 1 atom stereocenters. The molecule has 1 unspecified atom stereocenters. The van der Waals surface area contributed by atoms with Crippen LogP contribution in [0.15, 0.2) is 18.2 Å². The van der Waals surface area contributed by atoms with Crippen molar-refractivity contribution in [2.24, 2.45) is 5.92 Å². The second-order valence-electron chi connectivity index (χ2n) is 6.52. The number of aliphatic hydroxyl groups excluding tert-OH is 1. The van der Waals surface area contributed by atoms with E-state index in [0.717, 1.165) is 25.9 Å². The number of nitrogens with one attached hydrogen (secondary N) is 1. The molecule has 1 aliphatic heterocycles. The topological polar surface area (TPSA) is 95.7 Å². The largest absolute Gasteiger partial charge is 0.393 e. The van der Waals surface area contributed by atoms with Gasteiger partial charge in [0.25, 0.3) is 11.6 Å². The smallest absolute Gasteiger partial charge is 0.293 e. The molecule has 1 aromatic rings. The molecule has 1 saturated heterocycles. The third kappa shape index (κ3) is 4.67. The lowest BCUT2D eigenvalue weighted by Crippen LogP contribution is -2.33. The first-order chi connectivity index (χ1) is 11.4. The summed E-state index contributed by atoms with van der Waals surface area (Å²) in [5, 5.41) is 23.3. The number of carbonyl (C=O) groups excluding carboxylic acids is 1. The molecule has 7 heteroatoms. The van der Waals surface area contributed by atoms with E-state index in [-0.39, 0.29) is 17.2 Å². The number of nitrogens with zero attached hydrogens (tertiary/aromatic N) is 2. The number of anilines is 1. The van der Waals surface area contributed by atoms with Gasteiger partial charge in [0.05, 0.1) is 11.0 Å². The fourth-order valence-electron chi connectivity index (χ4n) is 2.82. The molecule has 1 amide bonds. The van der Waals surface area contributed by atoms with E-state index in [1.165, 1.54) is 6.07 Å². The number of hydrogen-bond acceptors (Lipinski definition) is 5. The van der Waals surface area contributed by atoms with Gasteiger partial charge in [0, 0.05) is 31.3 Å². The van der Waals surface area contributed by atoms with Crippen LogP contribution in [0.3, 0.4) is 0 Å². The Balaban J connectivity index is 2.14. The Morgan fingerprint density at radius 1 is 1.46 bits per heavy atom. The lowest BCUT2D eigenvalue weighted by atomic mass is 9.98. The Morgan fingerprint density at radius 2 is 2.12 bits per heavy atom. The number of nitro benzene ring substituents is 1. The van der Waals surface area contributed by atoms with Crippen molar-refractivity contribution in [2.45, 2.75) is 39.2 Å². The molecule has 0 saturated carbocycles. The second-order valence-corrected chi connectivity index (χ2v) is 6.52. The first-order valence-electron chi connectivity index (χ1n) is 8.38. The molecule has 2 N–H and O–H groups in total. The van der Waals surface area contributed by atoms with Gasteiger partial charge in [-0.05, 0) is 44.2 Å². The van der Waals surface area contributed by atoms with Gasteiger partial charge in [0.1, 0.15) is 5.69 Å². The van der Waals surface area contributed by atoms with Crippen LogP contribution in [0, 0.1) is 16.0 Å². The van der Waals surface area contributed by atoms with Gasteiger partial charge in [-0.15, -0.1) is 0 Å². The molecule has 0 bridgehead atoms. The van der Waals surface area contributed by atoms with Crippen molar-refractivity contribution >= 4 is 17.3 Å². The van der Waals surface area contributed by atoms with Crippen LogP contribution in [0.5, 0.6) is 0 Å². The van der Waals surface area contributed by atoms with Gasteiger partial charge in [-0.25, -0.2) is 0 Å². The number of piperidine rings is 1. The van der Waals surface area contributed by atoms with Crippen LogP contribution in [0.4, 0.5) is 11.4 Å². The lowest BCUT2D eigenvalue weighted by molar-refractivity contribution is -0.384. The van der Waals surface area contributed by atoms with Crippen molar-refractivity contribution in [3.8, 4) is 0 Å². The molecule has 0 aliphatic carbocycles. The maximum atomic E-state index is 12.1. The number of hydrogen-bond donors (Lipinski definition) is 2. The van der Waals surface area contributed by atoms with Crippen molar-refractivity contribution in [1.82, 2.24) is 5.32 Å². The summed E-state index contributed by atoms with van der Waals surface area (Å²) in [6.45, 7) is 5.75. The van der Waals surface area contributed by atoms with Crippen LogP contribution < -0.4 is 10.2 Å². The zero-order valence-corrected chi connectivity index (χ0v) is 14.2. The fraction of sp³-hybridized carbons (Fsp3) is 0.588. The Morgan fingerprint density at radius 3 is 2.71 bits per heavy atom. The van der Waals surface area contributed by atoms with Crippen molar-refractivity contribution < 1.29 is 14.8 Å². The zero-order chi connectivity index (χ0) is 17.7. The van der Waals surface area contributed by atoms with Gasteiger partial charge in [0.2, 0.25) is 0 Å². The van der Waals surface area contributed by atoms with Gasteiger partial charge >= 0.3 is 0 Å². The Bertz CT molecular complexity index is 595. The van der Waals surface area contributed by atoms with E-state index in [0.29, 0.717) is 24.6 Å². The van der Waals surface area contributed by atoms with Crippen LogP contribution in [0.1, 0.15) is 43.5 Å². The normalized spacial score (nSPS) is 16.7. The van der Waals surface area contributed by atoms with Gasteiger partial charge in [-0.1, -0.05) is 6.92 Å². The quantitative estimate of drug-likeness (QED) is 0.614. The minimum atomic E-state index is -0.497. The van der Waals surface area contributed by atoms with E-state index < -0.39 is 11.0 Å². The van der Waals surface area contributed by atoms with E-state index in [2.05, 4.69) is 12.2 Å². The second kappa shape index (κ2) is 8.10. The average molecular weight is 335 g/mol. The Hall–Kier alpha value is -2.15. The number of benzene rings is 1. The monoisotopic (exact) mass is 335 g/mol. The lowest BCUT2D eigenvalue weighted by Gasteiger charge is -2.31. The molecular weight excluding hydrogens is 310 g/mol.